The highest BCUT2D eigenvalue weighted by Gasteiger charge is 2.20. The van der Waals surface area contributed by atoms with Gasteiger partial charge in [-0.15, -0.1) is 0 Å². The summed E-state index contributed by atoms with van der Waals surface area (Å²) in [5, 5.41) is 0. The van der Waals surface area contributed by atoms with Gasteiger partial charge in [-0.05, 0) is 35.6 Å². The maximum atomic E-state index is 3.60. The molecule has 1 rings (SSSR count). The molecule has 0 saturated carbocycles. The van der Waals surface area contributed by atoms with Crippen molar-refractivity contribution in [1.29, 1.82) is 0 Å². The summed E-state index contributed by atoms with van der Waals surface area (Å²) in [6.07, 6.45) is 0. The van der Waals surface area contributed by atoms with Crippen LogP contribution >= 0.6 is 31.9 Å². The first kappa shape index (κ1) is 11.3. The average molecular weight is 306 g/mol. The van der Waals surface area contributed by atoms with Crippen LogP contribution in [0.3, 0.4) is 0 Å². The predicted octanol–water partition coefficient (Wildman–Crippen LogP) is 4.82. The van der Waals surface area contributed by atoms with Crippen molar-refractivity contribution in [3.63, 3.8) is 0 Å². The highest BCUT2D eigenvalue weighted by atomic mass is 79.9. The Balaban J connectivity index is 3.38. The summed E-state index contributed by atoms with van der Waals surface area (Å²) in [5.41, 5.74) is 2.77. The van der Waals surface area contributed by atoms with E-state index in [1.807, 2.05) is 0 Å². The Morgan fingerprint density at radius 3 is 1.69 bits per heavy atom. The van der Waals surface area contributed by atoms with Gasteiger partial charge >= 0.3 is 0 Å². The van der Waals surface area contributed by atoms with Crippen molar-refractivity contribution in [2.24, 2.45) is 0 Å². The van der Waals surface area contributed by atoms with Gasteiger partial charge in [0.1, 0.15) is 0 Å². The number of halogens is 2. The van der Waals surface area contributed by atoms with Crippen LogP contribution in [-0.4, -0.2) is 0 Å². The zero-order valence-electron chi connectivity index (χ0n) is 8.41. The lowest BCUT2D eigenvalue weighted by molar-refractivity contribution is 0.584. The van der Waals surface area contributed by atoms with Crippen LogP contribution in [0.4, 0.5) is 0 Å². The van der Waals surface area contributed by atoms with E-state index in [1.165, 1.54) is 20.1 Å². The molecule has 0 amide bonds. The Labute approximate surface area is 97.0 Å². The van der Waals surface area contributed by atoms with Gasteiger partial charge in [-0.1, -0.05) is 52.6 Å². The molecule has 0 saturated heterocycles. The Kier molecular flexibility index (Phi) is 3.24. The van der Waals surface area contributed by atoms with Crippen LogP contribution in [0.15, 0.2) is 21.1 Å². The molecule has 0 unspecified atom stereocenters. The van der Waals surface area contributed by atoms with Crippen molar-refractivity contribution >= 4 is 31.9 Å². The summed E-state index contributed by atoms with van der Waals surface area (Å²) in [7, 11) is 0. The van der Waals surface area contributed by atoms with E-state index in [0.29, 0.717) is 0 Å². The molecule has 0 fully saturated rings. The van der Waals surface area contributed by atoms with Crippen molar-refractivity contribution < 1.29 is 0 Å². The first-order valence-electron chi connectivity index (χ1n) is 4.28. The van der Waals surface area contributed by atoms with Gasteiger partial charge in [-0.3, -0.25) is 0 Å². The second-order valence-electron chi connectivity index (χ2n) is 4.35. The van der Waals surface area contributed by atoms with Gasteiger partial charge in [-0.25, -0.2) is 0 Å². The molecule has 0 spiro atoms. The minimum absolute atomic E-state index is 0.172. The van der Waals surface area contributed by atoms with E-state index in [9.17, 15) is 0 Å². The van der Waals surface area contributed by atoms with E-state index in [2.05, 4.69) is 71.7 Å². The van der Waals surface area contributed by atoms with E-state index >= 15 is 0 Å². The molecule has 0 radical (unpaired) electrons. The zero-order chi connectivity index (χ0) is 10.2. The highest BCUT2D eigenvalue weighted by Crippen LogP contribution is 2.36. The topological polar surface area (TPSA) is 0 Å². The van der Waals surface area contributed by atoms with Crippen LogP contribution in [0.2, 0.25) is 0 Å². The second kappa shape index (κ2) is 3.74. The van der Waals surface area contributed by atoms with Crippen molar-refractivity contribution in [3.8, 4) is 0 Å². The molecule has 0 N–H and O–H groups in total. The van der Waals surface area contributed by atoms with Gasteiger partial charge < -0.3 is 0 Å². The molecule has 1 aromatic carbocycles. The molecule has 0 aliphatic heterocycles. The van der Waals surface area contributed by atoms with E-state index in [4.69, 9.17) is 0 Å². The molecule has 0 atom stereocenters. The van der Waals surface area contributed by atoms with Gasteiger partial charge in [-0.2, -0.15) is 0 Å². The van der Waals surface area contributed by atoms with Crippen LogP contribution in [-0.2, 0) is 5.41 Å². The van der Waals surface area contributed by atoms with Crippen LogP contribution in [0.5, 0.6) is 0 Å². The molecule has 0 aliphatic carbocycles. The lowest BCUT2D eigenvalue weighted by atomic mass is 9.87. The summed E-state index contributed by atoms with van der Waals surface area (Å²) in [6, 6.07) is 4.32. The second-order valence-corrected chi connectivity index (χ2v) is 6.06. The highest BCUT2D eigenvalue weighted by molar-refractivity contribution is 9.11. The predicted molar refractivity (Wildman–Crippen MR) is 65.3 cm³/mol. The Morgan fingerprint density at radius 2 is 1.38 bits per heavy atom. The fourth-order valence-electron chi connectivity index (χ4n) is 1.42. The monoisotopic (exact) mass is 304 g/mol. The summed E-state index contributed by atoms with van der Waals surface area (Å²) in [6.45, 7) is 8.75. The number of hydrogen-bond acceptors (Lipinski definition) is 0. The molecule has 0 nitrogen and oxygen atoms in total. The number of benzene rings is 1. The smallest absolute Gasteiger partial charge is 0.0226 e. The number of aryl methyl sites for hydroxylation is 1. The van der Waals surface area contributed by atoms with Crippen molar-refractivity contribution in [2.45, 2.75) is 33.1 Å². The lowest BCUT2D eigenvalue weighted by Crippen LogP contribution is -2.13. The van der Waals surface area contributed by atoms with Crippen molar-refractivity contribution in [1.82, 2.24) is 0 Å². The molecular formula is C11H14Br2. The Morgan fingerprint density at radius 1 is 1.00 bits per heavy atom. The molecule has 13 heavy (non-hydrogen) atoms. The van der Waals surface area contributed by atoms with Gasteiger partial charge in [0, 0.05) is 8.95 Å². The van der Waals surface area contributed by atoms with Crippen LogP contribution in [0.1, 0.15) is 31.9 Å². The largest absolute Gasteiger partial charge is 0.0560 e. The van der Waals surface area contributed by atoms with Crippen LogP contribution < -0.4 is 0 Å². The normalized spacial score (nSPS) is 11.8. The fraction of sp³-hybridized carbons (Fsp3) is 0.455. The van der Waals surface area contributed by atoms with E-state index in [-0.39, 0.29) is 5.41 Å². The molecule has 0 heterocycles. The first-order chi connectivity index (χ1) is 5.82. The fourth-order valence-corrected chi connectivity index (χ4v) is 4.02. The third kappa shape index (κ3) is 2.57. The summed E-state index contributed by atoms with van der Waals surface area (Å²) < 4.78 is 2.37. The van der Waals surface area contributed by atoms with Gasteiger partial charge in [0.05, 0.1) is 0 Å². The summed E-state index contributed by atoms with van der Waals surface area (Å²) in [5.74, 6) is 0. The van der Waals surface area contributed by atoms with Gasteiger partial charge in [0.15, 0.2) is 0 Å². The lowest BCUT2D eigenvalue weighted by Gasteiger charge is -2.22. The molecular weight excluding hydrogens is 292 g/mol. The standard InChI is InChI=1S/C11H14Br2/c1-7-5-8(12)10(9(13)6-7)11(2,3)4/h5-6H,1-4H3. The van der Waals surface area contributed by atoms with E-state index < -0.39 is 0 Å². The maximum Gasteiger partial charge on any atom is 0.0226 e. The first-order valence-corrected chi connectivity index (χ1v) is 5.87. The molecule has 0 aromatic heterocycles. The molecule has 0 bridgehead atoms. The van der Waals surface area contributed by atoms with Crippen LogP contribution in [0, 0.1) is 6.92 Å². The Bertz CT molecular complexity index is 298. The van der Waals surface area contributed by atoms with Crippen molar-refractivity contribution in [3.05, 3.63) is 32.2 Å². The number of rotatable bonds is 0. The maximum absolute atomic E-state index is 3.60. The minimum atomic E-state index is 0.172. The number of hydrogen-bond donors (Lipinski definition) is 0. The zero-order valence-corrected chi connectivity index (χ0v) is 11.6. The molecule has 72 valence electrons. The van der Waals surface area contributed by atoms with Gasteiger partial charge in [0.25, 0.3) is 0 Å². The van der Waals surface area contributed by atoms with Crippen LogP contribution in [0.25, 0.3) is 0 Å². The molecule has 1 aromatic rings. The quantitative estimate of drug-likeness (QED) is 0.645. The summed E-state index contributed by atoms with van der Waals surface area (Å²) in [4.78, 5) is 0. The summed E-state index contributed by atoms with van der Waals surface area (Å²) >= 11 is 7.21. The third-order valence-electron chi connectivity index (χ3n) is 1.94. The van der Waals surface area contributed by atoms with Gasteiger partial charge in [0.2, 0.25) is 0 Å². The van der Waals surface area contributed by atoms with Crippen molar-refractivity contribution in [2.75, 3.05) is 0 Å². The molecule has 0 aliphatic rings. The SMILES string of the molecule is Cc1cc(Br)c(C(C)(C)C)c(Br)c1. The van der Waals surface area contributed by atoms with E-state index in [0.717, 1.165) is 0 Å². The Hall–Kier alpha value is 0.180. The molecule has 2 heteroatoms. The van der Waals surface area contributed by atoms with E-state index in [1.54, 1.807) is 0 Å². The average Bonchev–Trinajstić information content (AvgIpc) is 1.78. The third-order valence-corrected chi connectivity index (χ3v) is 3.19. The minimum Gasteiger partial charge on any atom is -0.0560 e.